The first-order valence-corrected chi connectivity index (χ1v) is 6.07. The second-order valence-electron chi connectivity index (χ2n) is 4.49. The quantitative estimate of drug-likeness (QED) is 0.746. The van der Waals surface area contributed by atoms with Gasteiger partial charge < -0.3 is 9.64 Å². The van der Waals surface area contributed by atoms with Gasteiger partial charge in [-0.1, -0.05) is 6.07 Å². The van der Waals surface area contributed by atoms with Crippen molar-refractivity contribution < 1.29 is 14.3 Å². The molecule has 1 fully saturated rings. The Hall–Kier alpha value is -1.68. The Morgan fingerprint density at radius 2 is 1.94 bits per heavy atom. The first-order chi connectivity index (χ1) is 8.65. The number of aryl methyl sites for hydroxylation is 1. The van der Waals surface area contributed by atoms with Gasteiger partial charge in [-0.05, 0) is 31.0 Å². The smallest absolute Gasteiger partial charge is 0.254 e. The van der Waals surface area contributed by atoms with Gasteiger partial charge in [-0.2, -0.15) is 0 Å². The Balaban J connectivity index is 2.32. The molecule has 2 rings (SSSR count). The minimum atomic E-state index is -0.0149. The van der Waals surface area contributed by atoms with Crippen molar-refractivity contribution in [2.24, 2.45) is 0 Å². The maximum Gasteiger partial charge on any atom is 0.254 e. The molecule has 1 aliphatic heterocycles. The highest BCUT2D eigenvalue weighted by atomic mass is 16.5. The topological polar surface area (TPSA) is 46.6 Å². The molecule has 1 aromatic rings. The van der Waals surface area contributed by atoms with E-state index in [0.717, 1.165) is 17.4 Å². The van der Waals surface area contributed by atoms with E-state index >= 15 is 0 Å². The van der Waals surface area contributed by atoms with Crippen LogP contribution < -0.4 is 0 Å². The minimum Gasteiger partial charge on any atom is -0.378 e. The van der Waals surface area contributed by atoms with Gasteiger partial charge in [0.2, 0.25) is 0 Å². The summed E-state index contributed by atoms with van der Waals surface area (Å²) in [7, 11) is 0. The van der Waals surface area contributed by atoms with E-state index in [4.69, 9.17) is 4.74 Å². The average Bonchev–Trinajstić information content (AvgIpc) is 2.40. The average molecular weight is 247 g/mol. The molecule has 96 valence electrons. The van der Waals surface area contributed by atoms with Crippen LogP contribution in [-0.4, -0.2) is 43.4 Å². The molecule has 4 nitrogen and oxygen atoms in total. The molecule has 1 aromatic carbocycles. The molecule has 18 heavy (non-hydrogen) atoms. The van der Waals surface area contributed by atoms with Crippen molar-refractivity contribution >= 4 is 12.2 Å². The van der Waals surface area contributed by atoms with Crippen molar-refractivity contribution in [1.82, 2.24) is 4.90 Å². The lowest BCUT2D eigenvalue weighted by Gasteiger charge is -2.27. The molecule has 0 N–H and O–H groups in total. The van der Waals surface area contributed by atoms with Gasteiger partial charge in [-0.25, -0.2) is 0 Å². The van der Waals surface area contributed by atoms with Crippen LogP contribution in [0.3, 0.4) is 0 Å². The Labute approximate surface area is 107 Å². The van der Waals surface area contributed by atoms with Crippen molar-refractivity contribution in [2.75, 3.05) is 26.3 Å². The van der Waals surface area contributed by atoms with Gasteiger partial charge in [0.1, 0.15) is 0 Å². The molecule has 0 aromatic heterocycles. The summed E-state index contributed by atoms with van der Waals surface area (Å²) in [4.78, 5) is 25.2. The Bertz CT molecular complexity index is 476. The molecular weight excluding hydrogens is 230 g/mol. The lowest BCUT2D eigenvalue weighted by Crippen LogP contribution is -2.41. The van der Waals surface area contributed by atoms with Crippen LogP contribution in [-0.2, 0) is 4.74 Å². The first kappa shape index (κ1) is 12.8. The summed E-state index contributed by atoms with van der Waals surface area (Å²) in [5.41, 5.74) is 2.90. The highest BCUT2D eigenvalue weighted by Crippen LogP contribution is 2.18. The summed E-state index contributed by atoms with van der Waals surface area (Å²) < 4.78 is 5.23. The van der Waals surface area contributed by atoms with E-state index in [1.54, 1.807) is 11.0 Å². The Morgan fingerprint density at radius 1 is 1.28 bits per heavy atom. The number of ether oxygens (including phenoxy) is 1. The van der Waals surface area contributed by atoms with Crippen molar-refractivity contribution in [1.29, 1.82) is 0 Å². The zero-order valence-corrected chi connectivity index (χ0v) is 10.7. The van der Waals surface area contributed by atoms with Crippen LogP contribution >= 0.6 is 0 Å². The number of nitrogens with zero attached hydrogens (tertiary/aromatic N) is 1. The third kappa shape index (κ3) is 2.29. The van der Waals surface area contributed by atoms with Crippen LogP contribution in [0.15, 0.2) is 12.1 Å². The van der Waals surface area contributed by atoms with Gasteiger partial charge in [0.15, 0.2) is 6.29 Å². The van der Waals surface area contributed by atoms with Gasteiger partial charge in [0.05, 0.1) is 13.2 Å². The lowest BCUT2D eigenvalue weighted by molar-refractivity contribution is 0.0302. The fourth-order valence-electron chi connectivity index (χ4n) is 2.21. The predicted octanol–water partition coefficient (Wildman–Crippen LogP) is 1.59. The van der Waals surface area contributed by atoms with Crippen molar-refractivity contribution in [2.45, 2.75) is 13.8 Å². The van der Waals surface area contributed by atoms with E-state index in [2.05, 4.69) is 0 Å². The number of hydrogen-bond donors (Lipinski definition) is 0. The molecule has 0 atom stereocenters. The molecule has 1 aliphatic rings. The van der Waals surface area contributed by atoms with Crippen LogP contribution in [0.4, 0.5) is 0 Å². The molecule has 1 heterocycles. The van der Waals surface area contributed by atoms with Crippen LogP contribution in [0.5, 0.6) is 0 Å². The fraction of sp³-hybridized carbons (Fsp3) is 0.429. The molecule has 1 saturated heterocycles. The molecule has 0 spiro atoms. The van der Waals surface area contributed by atoms with Crippen LogP contribution in [0.25, 0.3) is 0 Å². The summed E-state index contributed by atoms with van der Waals surface area (Å²) in [6.45, 7) is 6.09. The van der Waals surface area contributed by atoms with Crippen LogP contribution in [0.2, 0.25) is 0 Å². The monoisotopic (exact) mass is 247 g/mol. The van der Waals surface area contributed by atoms with Crippen LogP contribution in [0, 0.1) is 13.8 Å². The number of carbonyl (C=O) groups excluding carboxylic acids is 2. The molecular formula is C14H17NO3. The van der Waals surface area contributed by atoms with Crippen molar-refractivity contribution in [3.63, 3.8) is 0 Å². The largest absolute Gasteiger partial charge is 0.378 e. The summed E-state index contributed by atoms with van der Waals surface area (Å²) in [5.74, 6) is -0.0149. The molecule has 0 radical (unpaired) electrons. The standard InChI is InChI=1S/C14H17NO3/c1-10-3-4-12(11(2)13(10)9-16)14(17)15-5-7-18-8-6-15/h3-4,9H,5-8H2,1-2H3. The van der Waals surface area contributed by atoms with Gasteiger partial charge >= 0.3 is 0 Å². The van der Waals surface area contributed by atoms with Gasteiger partial charge in [0.25, 0.3) is 5.91 Å². The SMILES string of the molecule is Cc1ccc(C(=O)N2CCOCC2)c(C)c1C=O. The Morgan fingerprint density at radius 3 is 2.56 bits per heavy atom. The zero-order chi connectivity index (χ0) is 13.1. The molecule has 0 saturated carbocycles. The predicted molar refractivity (Wildman–Crippen MR) is 68.0 cm³/mol. The highest BCUT2D eigenvalue weighted by molar-refractivity contribution is 5.98. The maximum absolute atomic E-state index is 12.4. The number of carbonyl (C=O) groups is 2. The van der Waals surface area contributed by atoms with Gasteiger partial charge in [-0.15, -0.1) is 0 Å². The molecule has 0 aliphatic carbocycles. The maximum atomic E-state index is 12.4. The molecule has 4 heteroatoms. The summed E-state index contributed by atoms with van der Waals surface area (Å²) in [6, 6.07) is 3.62. The number of benzene rings is 1. The van der Waals surface area contributed by atoms with Gasteiger partial charge in [0, 0.05) is 24.2 Å². The number of hydrogen-bond acceptors (Lipinski definition) is 3. The number of rotatable bonds is 2. The highest BCUT2D eigenvalue weighted by Gasteiger charge is 2.21. The van der Waals surface area contributed by atoms with Crippen molar-refractivity contribution in [3.05, 3.63) is 34.4 Å². The van der Waals surface area contributed by atoms with Gasteiger partial charge in [-0.3, -0.25) is 9.59 Å². The van der Waals surface area contributed by atoms with E-state index in [0.29, 0.717) is 37.4 Å². The molecule has 0 unspecified atom stereocenters. The van der Waals surface area contributed by atoms with E-state index in [1.807, 2.05) is 19.9 Å². The second kappa shape index (κ2) is 5.31. The number of morpholine rings is 1. The third-order valence-electron chi connectivity index (χ3n) is 3.38. The van der Waals surface area contributed by atoms with Crippen molar-refractivity contribution in [3.8, 4) is 0 Å². The molecule has 0 bridgehead atoms. The van der Waals surface area contributed by atoms with E-state index in [-0.39, 0.29) is 5.91 Å². The number of aldehydes is 1. The summed E-state index contributed by atoms with van der Waals surface area (Å²) in [6.07, 6.45) is 0.820. The third-order valence-corrected chi connectivity index (χ3v) is 3.38. The van der Waals surface area contributed by atoms with E-state index < -0.39 is 0 Å². The second-order valence-corrected chi connectivity index (χ2v) is 4.49. The van der Waals surface area contributed by atoms with Crippen LogP contribution in [0.1, 0.15) is 31.8 Å². The Kier molecular flexibility index (Phi) is 3.77. The number of amides is 1. The summed E-state index contributed by atoms with van der Waals surface area (Å²) >= 11 is 0. The minimum absolute atomic E-state index is 0.0149. The first-order valence-electron chi connectivity index (χ1n) is 6.07. The summed E-state index contributed by atoms with van der Waals surface area (Å²) in [5, 5.41) is 0. The van der Waals surface area contributed by atoms with E-state index in [1.165, 1.54) is 0 Å². The lowest BCUT2D eigenvalue weighted by atomic mass is 9.97. The van der Waals surface area contributed by atoms with E-state index in [9.17, 15) is 9.59 Å². The zero-order valence-electron chi connectivity index (χ0n) is 10.7. The molecule has 1 amide bonds. The normalized spacial score (nSPS) is 15.6. The fourth-order valence-corrected chi connectivity index (χ4v) is 2.21.